The summed E-state index contributed by atoms with van der Waals surface area (Å²) in [4.78, 5) is 35.3. The Balaban J connectivity index is 2.10. The molecule has 6 nitrogen and oxygen atoms in total. The number of hydrogen-bond acceptors (Lipinski definition) is 4. The Morgan fingerprint density at radius 3 is 2.48 bits per heavy atom. The summed E-state index contributed by atoms with van der Waals surface area (Å²) in [5, 5.41) is 12.2. The smallest absolute Gasteiger partial charge is 0.339 e. The Morgan fingerprint density at radius 1 is 1.20 bits per heavy atom. The number of carbonyl (C=O) groups excluding carboxylic acids is 2. The van der Waals surface area contributed by atoms with Crippen molar-refractivity contribution in [1.82, 2.24) is 0 Å². The minimum absolute atomic E-state index is 0.00551. The van der Waals surface area contributed by atoms with Gasteiger partial charge in [0.1, 0.15) is 0 Å². The van der Waals surface area contributed by atoms with E-state index in [0.29, 0.717) is 5.69 Å². The molecule has 1 saturated carbocycles. The number of amides is 1. The molecule has 1 aliphatic carbocycles. The molecule has 0 saturated heterocycles. The van der Waals surface area contributed by atoms with Gasteiger partial charge >= 0.3 is 11.9 Å². The topological polar surface area (TPSA) is 92.7 Å². The maximum atomic E-state index is 12.4. The fourth-order valence-corrected chi connectivity index (χ4v) is 3.65. The number of aliphatic carboxylic acids is 1. The number of halogens is 1. The van der Waals surface area contributed by atoms with Crippen LogP contribution in [-0.4, -0.2) is 30.1 Å². The summed E-state index contributed by atoms with van der Waals surface area (Å²) >= 11 is 5.96. The third-order valence-electron chi connectivity index (χ3n) is 4.63. The van der Waals surface area contributed by atoms with Gasteiger partial charge in [-0.15, -0.1) is 0 Å². The Kier molecular flexibility index (Phi) is 6.42. The van der Waals surface area contributed by atoms with Crippen LogP contribution >= 0.6 is 11.6 Å². The summed E-state index contributed by atoms with van der Waals surface area (Å²) in [5.74, 6) is -1.73. The molecule has 7 heteroatoms. The van der Waals surface area contributed by atoms with Crippen LogP contribution in [0.5, 0.6) is 0 Å². The number of carboxylic acids is 1. The number of anilines is 1. The molecule has 0 heterocycles. The molecule has 0 aromatic heterocycles. The predicted octanol–water partition coefficient (Wildman–Crippen LogP) is 3.88. The van der Waals surface area contributed by atoms with E-state index in [1.165, 1.54) is 19.2 Å². The first-order chi connectivity index (χ1) is 11.8. The van der Waals surface area contributed by atoms with Gasteiger partial charge in [0.2, 0.25) is 5.91 Å². The van der Waals surface area contributed by atoms with Gasteiger partial charge in [-0.25, -0.2) is 4.79 Å². The van der Waals surface area contributed by atoms with E-state index >= 15 is 0 Å². The second-order valence-electron chi connectivity index (χ2n) is 6.54. The van der Waals surface area contributed by atoms with Gasteiger partial charge in [-0.2, -0.15) is 0 Å². The maximum absolute atomic E-state index is 12.4. The van der Waals surface area contributed by atoms with Crippen LogP contribution in [0, 0.1) is 5.41 Å². The quantitative estimate of drug-likeness (QED) is 0.744. The number of carbonyl (C=O) groups is 3. The van der Waals surface area contributed by atoms with Gasteiger partial charge in [-0.3, -0.25) is 9.59 Å². The molecule has 1 aromatic carbocycles. The third-order valence-corrected chi connectivity index (χ3v) is 4.96. The van der Waals surface area contributed by atoms with Crippen molar-refractivity contribution in [3.63, 3.8) is 0 Å². The van der Waals surface area contributed by atoms with Crippen LogP contribution in [0.3, 0.4) is 0 Å². The number of benzene rings is 1. The van der Waals surface area contributed by atoms with E-state index < -0.39 is 17.4 Å². The zero-order valence-electron chi connectivity index (χ0n) is 14.1. The van der Waals surface area contributed by atoms with Gasteiger partial charge < -0.3 is 15.2 Å². The van der Waals surface area contributed by atoms with Gasteiger partial charge in [0.15, 0.2) is 0 Å². The third kappa shape index (κ3) is 5.19. The van der Waals surface area contributed by atoms with E-state index in [1.807, 2.05) is 0 Å². The average molecular weight is 368 g/mol. The zero-order valence-corrected chi connectivity index (χ0v) is 14.9. The van der Waals surface area contributed by atoms with Crippen LogP contribution in [-0.2, 0) is 14.3 Å². The van der Waals surface area contributed by atoms with Crippen molar-refractivity contribution in [1.29, 1.82) is 0 Å². The lowest BCUT2D eigenvalue weighted by atomic mass is 9.69. The highest BCUT2D eigenvalue weighted by atomic mass is 35.5. The van der Waals surface area contributed by atoms with Crippen molar-refractivity contribution in [2.45, 2.75) is 44.9 Å². The van der Waals surface area contributed by atoms with Gasteiger partial charge in [0.25, 0.3) is 0 Å². The molecule has 1 aliphatic rings. The van der Waals surface area contributed by atoms with Crippen molar-refractivity contribution in [2.75, 3.05) is 12.4 Å². The van der Waals surface area contributed by atoms with Gasteiger partial charge in [-0.05, 0) is 36.5 Å². The number of ether oxygens (including phenoxy) is 1. The first-order valence-electron chi connectivity index (χ1n) is 8.25. The molecule has 2 rings (SSSR count). The molecule has 1 fully saturated rings. The molecule has 1 amide bonds. The Labute approximate surface area is 151 Å². The van der Waals surface area contributed by atoms with Crippen molar-refractivity contribution in [2.24, 2.45) is 5.41 Å². The van der Waals surface area contributed by atoms with E-state index in [-0.39, 0.29) is 29.3 Å². The predicted molar refractivity (Wildman–Crippen MR) is 93.8 cm³/mol. The summed E-state index contributed by atoms with van der Waals surface area (Å²) in [5.41, 5.74) is 0.0992. The number of nitrogens with one attached hydrogen (secondary N) is 1. The molecule has 0 spiro atoms. The fourth-order valence-electron chi connectivity index (χ4n) is 3.45. The molecular formula is C18H22ClNO5. The molecule has 1 aromatic rings. The van der Waals surface area contributed by atoms with Crippen LogP contribution in [0.4, 0.5) is 5.69 Å². The summed E-state index contributed by atoms with van der Waals surface area (Å²) < 4.78 is 4.66. The number of esters is 1. The average Bonchev–Trinajstić information content (AvgIpc) is 2.55. The molecule has 136 valence electrons. The summed E-state index contributed by atoms with van der Waals surface area (Å²) in [6.07, 6.45) is 4.57. The minimum atomic E-state index is -0.880. The molecule has 0 bridgehead atoms. The van der Waals surface area contributed by atoms with E-state index in [1.54, 1.807) is 6.07 Å². The van der Waals surface area contributed by atoms with Crippen molar-refractivity contribution < 1.29 is 24.2 Å². The van der Waals surface area contributed by atoms with E-state index in [2.05, 4.69) is 10.1 Å². The molecular weight excluding hydrogens is 346 g/mol. The maximum Gasteiger partial charge on any atom is 0.339 e. The van der Waals surface area contributed by atoms with Gasteiger partial charge in [0.05, 0.1) is 24.1 Å². The molecule has 0 radical (unpaired) electrons. The Morgan fingerprint density at radius 2 is 1.88 bits per heavy atom. The number of methoxy groups -OCH3 is 1. The van der Waals surface area contributed by atoms with Gasteiger partial charge in [0, 0.05) is 12.1 Å². The van der Waals surface area contributed by atoms with Crippen LogP contribution in [0.2, 0.25) is 5.02 Å². The monoisotopic (exact) mass is 367 g/mol. The Hall–Kier alpha value is -2.08. The summed E-state index contributed by atoms with van der Waals surface area (Å²) in [7, 11) is 1.25. The molecule has 0 unspecified atom stereocenters. The lowest BCUT2D eigenvalue weighted by molar-refractivity contribution is -0.140. The zero-order chi connectivity index (χ0) is 18.4. The van der Waals surface area contributed by atoms with E-state index in [9.17, 15) is 19.5 Å². The summed E-state index contributed by atoms with van der Waals surface area (Å²) in [6, 6.07) is 4.56. The normalized spacial score (nSPS) is 16.1. The molecule has 0 atom stereocenters. The molecule has 2 N–H and O–H groups in total. The highest BCUT2D eigenvalue weighted by molar-refractivity contribution is 6.33. The lowest BCUT2D eigenvalue weighted by Crippen LogP contribution is -2.32. The van der Waals surface area contributed by atoms with Crippen molar-refractivity contribution >= 4 is 35.1 Å². The highest BCUT2D eigenvalue weighted by Gasteiger charge is 2.36. The summed E-state index contributed by atoms with van der Waals surface area (Å²) in [6.45, 7) is 0. The van der Waals surface area contributed by atoms with Gasteiger partial charge in [-0.1, -0.05) is 30.9 Å². The standard InChI is InChI=1S/C18H22ClNO5/c1-25-17(24)13-9-12(5-6-14(13)19)20-15(21)10-18(11-16(22)23)7-3-2-4-8-18/h5-6,9H,2-4,7-8,10-11H2,1H3,(H,20,21)(H,22,23). The Bertz CT molecular complexity index is 667. The fraction of sp³-hybridized carbons (Fsp3) is 0.500. The first kappa shape index (κ1) is 19.2. The van der Waals surface area contributed by atoms with Crippen LogP contribution < -0.4 is 5.32 Å². The second kappa shape index (κ2) is 8.34. The van der Waals surface area contributed by atoms with Crippen molar-refractivity contribution in [3.8, 4) is 0 Å². The van der Waals surface area contributed by atoms with Crippen molar-refractivity contribution in [3.05, 3.63) is 28.8 Å². The number of hydrogen-bond donors (Lipinski definition) is 2. The van der Waals surface area contributed by atoms with Crippen LogP contribution in [0.25, 0.3) is 0 Å². The second-order valence-corrected chi connectivity index (χ2v) is 6.95. The van der Waals surface area contributed by atoms with Crippen LogP contribution in [0.1, 0.15) is 55.3 Å². The lowest BCUT2D eigenvalue weighted by Gasteiger charge is -2.35. The number of rotatable bonds is 6. The molecule has 0 aliphatic heterocycles. The van der Waals surface area contributed by atoms with E-state index in [4.69, 9.17) is 11.6 Å². The first-order valence-corrected chi connectivity index (χ1v) is 8.62. The van der Waals surface area contributed by atoms with Crippen LogP contribution in [0.15, 0.2) is 18.2 Å². The molecule has 25 heavy (non-hydrogen) atoms. The highest BCUT2D eigenvalue weighted by Crippen LogP contribution is 2.42. The SMILES string of the molecule is COC(=O)c1cc(NC(=O)CC2(CC(=O)O)CCCCC2)ccc1Cl. The largest absolute Gasteiger partial charge is 0.481 e. The number of carboxylic acid groups (broad SMARTS) is 1. The van der Waals surface area contributed by atoms with E-state index in [0.717, 1.165) is 32.1 Å². The minimum Gasteiger partial charge on any atom is -0.481 e.